The van der Waals surface area contributed by atoms with Crippen molar-refractivity contribution < 1.29 is 22.0 Å². The van der Waals surface area contributed by atoms with Crippen LogP contribution in [0, 0.1) is 12.7 Å². The van der Waals surface area contributed by atoms with Gasteiger partial charge in [0.1, 0.15) is 10.7 Å². The molecule has 0 atom stereocenters. The van der Waals surface area contributed by atoms with Gasteiger partial charge in [-0.3, -0.25) is 9.78 Å². The topological polar surface area (TPSA) is 89.3 Å². The van der Waals surface area contributed by atoms with Gasteiger partial charge in [0.2, 0.25) is 9.84 Å². The number of halogens is 1. The number of furan rings is 1. The molecule has 0 saturated heterocycles. The summed E-state index contributed by atoms with van der Waals surface area (Å²) in [6, 6.07) is 13.6. The first kappa shape index (κ1) is 19.8. The Labute approximate surface area is 172 Å². The van der Waals surface area contributed by atoms with Crippen LogP contribution in [0.15, 0.2) is 81.2 Å². The molecular weight excluding hydrogens is 407 g/mol. The van der Waals surface area contributed by atoms with Gasteiger partial charge in [-0.15, -0.1) is 0 Å². The Hall–Kier alpha value is -3.52. The van der Waals surface area contributed by atoms with E-state index in [0.29, 0.717) is 11.1 Å². The van der Waals surface area contributed by atoms with Crippen molar-refractivity contribution in [3.63, 3.8) is 0 Å². The molecule has 1 N–H and O–H groups in total. The van der Waals surface area contributed by atoms with E-state index in [9.17, 15) is 17.6 Å². The third kappa shape index (κ3) is 3.69. The molecule has 2 heterocycles. The normalized spacial score (nSPS) is 11.5. The minimum atomic E-state index is -3.98. The summed E-state index contributed by atoms with van der Waals surface area (Å²) in [5.74, 6) is -0.994. The number of carbonyl (C=O) groups excluding carboxylic acids is 1. The lowest BCUT2D eigenvalue weighted by molar-refractivity contribution is 0.0925. The fourth-order valence-electron chi connectivity index (χ4n) is 3.01. The number of hydrogen-bond acceptors (Lipinski definition) is 5. The molecule has 4 aromatic rings. The van der Waals surface area contributed by atoms with Crippen LogP contribution in [0.3, 0.4) is 0 Å². The smallest absolute Gasteiger partial charge is 0.287 e. The number of aryl methyl sites for hydroxylation is 1. The fourth-order valence-corrected chi connectivity index (χ4v) is 4.41. The molecule has 6 nitrogen and oxygen atoms in total. The quantitative estimate of drug-likeness (QED) is 0.522. The summed E-state index contributed by atoms with van der Waals surface area (Å²) in [5, 5.41) is 3.49. The van der Waals surface area contributed by atoms with Crippen LogP contribution < -0.4 is 5.32 Å². The summed E-state index contributed by atoms with van der Waals surface area (Å²) in [6.45, 7) is 1.69. The van der Waals surface area contributed by atoms with Crippen LogP contribution >= 0.6 is 0 Å². The van der Waals surface area contributed by atoms with E-state index in [2.05, 4.69) is 10.3 Å². The Morgan fingerprint density at radius 1 is 1.13 bits per heavy atom. The molecule has 0 spiro atoms. The van der Waals surface area contributed by atoms with Crippen molar-refractivity contribution in [1.82, 2.24) is 10.3 Å². The van der Waals surface area contributed by atoms with E-state index >= 15 is 0 Å². The minimum absolute atomic E-state index is 0.0214. The Kier molecular flexibility index (Phi) is 5.09. The van der Waals surface area contributed by atoms with E-state index in [4.69, 9.17) is 4.42 Å². The lowest BCUT2D eigenvalue weighted by atomic mass is 10.2. The molecule has 4 rings (SSSR count). The van der Waals surface area contributed by atoms with Gasteiger partial charge in [0.15, 0.2) is 11.3 Å². The third-order valence-electron chi connectivity index (χ3n) is 4.68. The molecule has 0 aliphatic carbocycles. The Morgan fingerprint density at radius 2 is 1.90 bits per heavy atom. The maximum Gasteiger partial charge on any atom is 0.287 e. The maximum absolute atomic E-state index is 14.3. The van der Waals surface area contributed by atoms with Crippen molar-refractivity contribution in [3.05, 3.63) is 89.7 Å². The zero-order valence-corrected chi connectivity index (χ0v) is 16.7. The molecule has 0 unspecified atom stereocenters. The summed E-state index contributed by atoms with van der Waals surface area (Å²) >= 11 is 0. The zero-order chi connectivity index (χ0) is 21.3. The highest BCUT2D eigenvalue weighted by molar-refractivity contribution is 7.91. The number of nitrogens with zero attached hydrogens (tertiary/aromatic N) is 1. The molecule has 0 aliphatic heterocycles. The number of hydrogen-bond donors (Lipinski definition) is 1. The number of fused-ring (bicyclic) bond motifs is 1. The zero-order valence-electron chi connectivity index (χ0n) is 15.9. The van der Waals surface area contributed by atoms with Crippen molar-refractivity contribution in [2.45, 2.75) is 23.3 Å². The summed E-state index contributed by atoms with van der Waals surface area (Å²) in [4.78, 5) is 15.9. The second kappa shape index (κ2) is 7.72. The van der Waals surface area contributed by atoms with Gasteiger partial charge in [-0.25, -0.2) is 12.8 Å². The van der Waals surface area contributed by atoms with E-state index < -0.39 is 21.6 Å². The first-order valence-electron chi connectivity index (χ1n) is 9.07. The van der Waals surface area contributed by atoms with E-state index in [1.807, 2.05) is 0 Å². The van der Waals surface area contributed by atoms with Crippen LogP contribution in [0.2, 0.25) is 0 Å². The molecule has 2 aromatic carbocycles. The van der Waals surface area contributed by atoms with Gasteiger partial charge in [0.25, 0.3) is 5.91 Å². The van der Waals surface area contributed by atoms with Crippen LogP contribution in [0.1, 0.15) is 21.7 Å². The average molecular weight is 424 g/mol. The fraction of sp³-hybridized carbons (Fsp3) is 0.0909. The molecule has 1 amide bonds. The monoisotopic (exact) mass is 424 g/mol. The van der Waals surface area contributed by atoms with E-state index in [0.717, 1.165) is 5.39 Å². The molecule has 0 fully saturated rings. The van der Waals surface area contributed by atoms with Crippen molar-refractivity contribution in [3.8, 4) is 0 Å². The maximum atomic E-state index is 14.3. The van der Waals surface area contributed by atoms with Gasteiger partial charge in [-0.2, -0.15) is 0 Å². The van der Waals surface area contributed by atoms with Crippen LogP contribution in [0.4, 0.5) is 4.39 Å². The second-order valence-corrected chi connectivity index (χ2v) is 8.66. The molecule has 8 heteroatoms. The average Bonchev–Trinajstić information content (AvgIpc) is 3.18. The van der Waals surface area contributed by atoms with Gasteiger partial charge < -0.3 is 9.73 Å². The van der Waals surface area contributed by atoms with E-state index in [-0.39, 0.29) is 27.7 Å². The van der Waals surface area contributed by atoms with Crippen LogP contribution in [-0.4, -0.2) is 19.3 Å². The number of pyridine rings is 1. The van der Waals surface area contributed by atoms with Crippen molar-refractivity contribution >= 4 is 26.7 Å². The van der Waals surface area contributed by atoms with E-state index in [1.165, 1.54) is 43.5 Å². The number of carbonyl (C=O) groups is 1. The van der Waals surface area contributed by atoms with Crippen molar-refractivity contribution in [2.75, 3.05) is 0 Å². The Bertz CT molecular complexity index is 1310. The number of nitrogens with one attached hydrogen (secondary N) is 1. The van der Waals surface area contributed by atoms with Crippen LogP contribution in [0.25, 0.3) is 11.0 Å². The molecule has 0 saturated carbocycles. The summed E-state index contributed by atoms with van der Waals surface area (Å²) in [6.07, 6.45) is 3.14. The molecule has 0 bridgehead atoms. The van der Waals surface area contributed by atoms with Crippen LogP contribution in [0.5, 0.6) is 0 Å². The van der Waals surface area contributed by atoms with Crippen LogP contribution in [-0.2, 0) is 16.4 Å². The highest BCUT2D eigenvalue weighted by Crippen LogP contribution is 2.25. The first-order valence-corrected chi connectivity index (χ1v) is 10.6. The minimum Gasteiger partial charge on any atom is -0.449 e. The molecule has 0 radical (unpaired) electrons. The molecule has 2 aromatic heterocycles. The largest absolute Gasteiger partial charge is 0.449 e. The number of sulfone groups is 1. The van der Waals surface area contributed by atoms with Crippen molar-refractivity contribution in [2.24, 2.45) is 0 Å². The third-order valence-corrected chi connectivity index (χ3v) is 6.47. The lowest BCUT2D eigenvalue weighted by Crippen LogP contribution is -2.22. The summed E-state index contributed by atoms with van der Waals surface area (Å²) in [5.41, 5.74) is 1.46. The second-order valence-electron chi connectivity index (χ2n) is 6.74. The number of aromatic nitrogens is 1. The van der Waals surface area contributed by atoms with Gasteiger partial charge in [-0.05, 0) is 48.4 Å². The predicted molar refractivity (Wildman–Crippen MR) is 108 cm³/mol. The van der Waals surface area contributed by atoms with Gasteiger partial charge >= 0.3 is 0 Å². The van der Waals surface area contributed by atoms with Gasteiger partial charge in [0.05, 0.1) is 11.1 Å². The highest BCUT2D eigenvalue weighted by Gasteiger charge is 2.22. The molecule has 0 aliphatic rings. The number of rotatable bonds is 5. The number of benzene rings is 2. The predicted octanol–water partition coefficient (Wildman–Crippen LogP) is 4.04. The lowest BCUT2D eigenvalue weighted by Gasteiger charge is -2.09. The molecule has 30 heavy (non-hydrogen) atoms. The van der Waals surface area contributed by atoms with E-state index in [1.54, 1.807) is 30.5 Å². The first-order chi connectivity index (χ1) is 14.4. The van der Waals surface area contributed by atoms with Crippen molar-refractivity contribution in [1.29, 1.82) is 0 Å². The molecule has 152 valence electrons. The highest BCUT2D eigenvalue weighted by atomic mass is 32.2. The SMILES string of the molecule is Cc1cccc(S(=O)(=O)c2ccc(CNC(=O)c3cc4ccncc4o3)cc2)c1F. The van der Waals surface area contributed by atoms with Gasteiger partial charge in [0, 0.05) is 18.1 Å². The summed E-state index contributed by atoms with van der Waals surface area (Å²) < 4.78 is 45.2. The van der Waals surface area contributed by atoms with Gasteiger partial charge in [-0.1, -0.05) is 24.3 Å². The number of amides is 1. The standard InChI is InChI=1S/C22H17FN2O4S/c1-14-3-2-4-20(21(14)23)30(27,28)17-7-5-15(6-8-17)12-25-22(26)18-11-16-9-10-24-13-19(16)29-18/h2-11,13H,12H2,1H3,(H,25,26). The Balaban J connectivity index is 1.48. The Morgan fingerprint density at radius 3 is 2.63 bits per heavy atom. The molecular formula is C22H17FN2O4S. The summed E-state index contributed by atoms with van der Waals surface area (Å²) in [7, 11) is -3.98.